The normalized spacial score (nSPS) is 21.6. The molecule has 0 aromatic heterocycles. The van der Waals surface area contributed by atoms with Crippen molar-refractivity contribution < 1.29 is 9.31 Å². The predicted molar refractivity (Wildman–Crippen MR) is 75.9 cm³/mol. The van der Waals surface area contributed by atoms with Crippen LogP contribution in [-0.4, -0.2) is 18.3 Å². The van der Waals surface area contributed by atoms with Crippen LogP contribution in [-0.2, 0) is 9.31 Å². The second-order valence-electron chi connectivity index (χ2n) is 6.16. The standard InChI is InChI=1S/C15H22BO2/c1-11(2)12-8-7-9-13(10-12)16-17-14(3,4)15(5,6)18-16/h7-11H,1H2,2-6H3. The van der Waals surface area contributed by atoms with Crippen molar-refractivity contribution in [3.05, 3.63) is 36.8 Å². The van der Waals surface area contributed by atoms with Crippen molar-refractivity contribution >= 4 is 12.6 Å². The highest BCUT2D eigenvalue weighted by Gasteiger charge is 2.51. The van der Waals surface area contributed by atoms with E-state index in [0.717, 1.165) is 5.46 Å². The summed E-state index contributed by atoms with van der Waals surface area (Å²) in [6, 6.07) is 8.30. The molecular formula is C15H22BO2. The summed E-state index contributed by atoms with van der Waals surface area (Å²) >= 11 is 0. The zero-order chi connectivity index (χ0) is 13.6. The average Bonchev–Trinajstić information content (AvgIpc) is 2.48. The van der Waals surface area contributed by atoms with Gasteiger partial charge in [0.25, 0.3) is 0 Å². The van der Waals surface area contributed by atoms with Crippen molar-refractivity contribution in [3.63, 3.8) is 0 Å². The highest BCUT2D eigenvalue weighted by molar-refractivity contribution is 6.62. The number of benzene rings is 1. The van der Waals surface area contributed by atoms with Crippen molar-refractivity contribution in [1.82, 2.24) is 0 Å². The van der Waals surface area contributed by atoms with E-state index in [1.807, 2.05) is 12.1 Å². The quantitative estimate of drug-likeness (QED) is 0.746. The third kappa shape index (κ3) is 2.34. The lowest BCUT2D eigenvalue weighted by atomic mass is 9.77. The van der Waals surface area contributed by atoms with E-state index in [1.165, 1.54) is 5.56 Å². The van der Waals surface area contributed by atoms with Crippen LogP contribution >= 0.6 is 0 Å². The Morgan fingerprint density at radius 1 is 1.11 bits per heavy atom. The summed E-state index contributed by atoms with van der Waals surface area (Å²) in [5.41, 5.74) is 1.71. The molecule has 97 valence electrons. The second-order valence-corrected chi connectivity index (χ2v) is 6.16. The van der Waals surface area contributed by atoms with Crippen LogP contribution in [0.5, 0.6) is 0 Å². The molecule has 2 rings (SSSR count). The molecule has 18 heavy (non-hydrogen) atoms. The first-order valence-electron chi connectivity index (χ1n) is 6.51. The fourth-order valence-electron chi connectivity index (χ4n) is 1.99. The average molecular weight is 245 g/mol. The summed E-state index contributed by atoms with van der Waals surface area (Å²) in [5.74, 6) is 0.271. The molecule has 0 spiro atoms. The topological polar surface area (TPSA) is 18.5 Å². The molecule has 1 unspecified atom stereocenters. The minimum Gasteiger partial charge on any atom is -0.399 e. The lowest BCUT2D eigenvalue weighted by Gasteiger charge is -2.32. The maximum atomic E-state index is 6.04. The SMILES string of the molecule is [CH2]C(C)c1cccc(B2OC(C)(C)C(C)(C)O2)c1. The molecule has 1 aliphatic heterocycles. The van der Waals surface area contributed by atoms with Gasteiger partial charge in [-0.1, -0.05) is 31.2 Å². The Morgan fingerprint density at radius 3 is 2.17 bits per heavy atom. The molecule has 1 heterocycles. The van der Waals surface area contributed by atoms with Gasteiger partial charge in [0, 0.05) is 0 Å². The molecule has 1 radical (unpaired) electrons. The highest BCUT2D eigenvalue weighted by atomic mass is 16.7. The summed E-state index contributed by atoms with van der Waals surface area (Å²) in [7, 11) is -0.284. The van der Waals surface area contributed by atoms with Gasteiger partial charge >= 0.3 is 7.12 Å². The van der Waals surface area contributed by atoms with E-state index in [2.05, 4.69) is 53.7 Å². The first-order valence-corrected chi connectivity index (χ1v) is 6.51. The monoisotopic (exact) mass is 245 g/mol. The zero-order valence-electron chi connectivity index (χ0n) is 12.0. The molecule has 1 fully saturated rings. The zero-order valence-corrected chi connectivity index (χ0v) is 12.0. The molecule has 1 saturated heterocycles. The van der Waals surface area contributed by atoms with Gasteiger partial charge in [0.15, 0.2) is 0 Å². The Kier molecular flexibility index (Phi) is 3.33. The molecule has 1 aliphatic rings. The molecule has 0 N–H and O–H groups in total. The van der Waals surface area contributed by atoms with Gasteiger partial charge in [-0.2, -0.15) is 0 Å². The van der Waals surface area contributed by atoms with Gasteiger partial charge in [-0.05, 0) is 51.6 Å². The first-order chi connectivity index (χ1) is 8.23. The van der Waals surface area contributed by atoms with Crippen molar-refractivity contribution in [2.45, 2.75) is 51.7 Å². The molecule has 0 amide bonds. The number of hydrogen-bond donors (Lipinski definition) is 0. The largest absolute Gasteiger partial charge is 0.494 e. The second kappa shape index (κ2) is 4.39. The fourth-order valence-corrected chi connectivity index (χ4v) is 1.99. The third-order valence-electron chi connectivity index (χ3n) is 4.01. The van der Waals surface area contributed by atoms with E-state index in [1.54, 1.807) is 0 Å². The lowest BCUT2D eigenvalue weighted by Crippen LogP contribution is -2.41. The summed E-state index contributed by atoms with van der Waals surface area (Å²) < 4.78 is 12.1. The van der Waals surface area contributed by atoms with Crippen LogP contribution < -0.4 is 5.46 Å². The number of rotatable bonds is 2. The van der Waals surface area contributed by atoms with E-state index in [0.29, 0.717) is 0 Å². The molecule has 2 nitrogen and oxygen atoms in total. The van der Waals surface area contributed by atoms with E-state index in [-0.39, 0.29) is 24.2 Å². The van der Waals surface area contributed by atoms with Crippen LogP contribution in [0, 0.1) is 6.92 Å². The van der Waals surface area contributed by atoms with Gasteiger partial charge in [-0.15, -0.1) is 0 Å². The van der Waals surface area contributed by atoms with Crippen molar-refractivity contribution in [2.24, 2.45) is 0 Å². The summed E-state index contributed by atoms with van der Waals surface area (Å²) in [6.45, 7) is 14.4. The summed E-state index contributed by atoms with van der Waals surface area (Å²) in [4.78, 5) is 0. The Bertz CT molecular complexity index is 422. The fraction of sp³-hybridized carbons (Fsp3) is 0.533. The van der Waals surface area contributed by atoms with Crippen LogP contribution in [0.4, 0.5) is 0 Å². The van der Waals surface area contributed by atoms with Crippen molar-refractivity contribution in [1.29, 1.82) is 0 Å². The van der Waals surface area contributed by atoms with Gasteiger partial charge in [-0.25, -0.2) is 0 Å². The van der Waals surface area contributed by atoms with Gasteiger partial charge in [0.2, 0.25) is 0 Å². The molecule has 0 aliphatic carbocycles. The summed E-state index contributed by atoms with van der Waals surface area (Å²) in [6.07, 6.45) is 0. The molecular weight excluding hydrogens is 223 g/mol. The van der Waals surface area contributed by atoms with Gasteiger partial charge in [-0.3, -0.25) is 0 Å². The van der Waals surface area contributed by atoms with Crippen LogP contribution in [0.2, 0.25) is 0 Å². The Balaban J connectivity index is 2.27. The number of hydrogen-bond acceptors (Lipinski definition) is 2. The third-order valence-corrected chi connectivity index (χ3v) is 4.01. The van der Waals surface area contributed by atoms with Crippen LogP contribution in [0.15, 0.2) is 24.3 Å². The van der Waals surface area contributed by atoms with Gasteiger partial charge in [0.1, 0.15) is 0 Å². The predicted octanol–water partition coefficient (Wildman–Crippen LogP) is 2.92. The van der Waals surface area contributed by atoms with Crippen LogP contribution in [0.25, 0.3) is 0 Å². The van der Waals surface area contributed by atoms with Gasteiger partial charge in [0.05, 0.1) is 11.2 Å². The Labute approximate surface area is 111 Å². The van der Waals surface area contributed by atoms with Crippen LogP contribution in [0.1, 0.15) is 46.1 Å². The molecule has 3 heteroatoms. The molecule has 0 bridgehead atoms. The maximum Gasteiger partial charge on any atom is 0.494 e. The highest BCUT2D eigenvalue weighted by Crippen LogP contribution is 2.36. The van der Waals surface area contributed by atoms with Crippen molar-refractivity contribution in [2.75, 3.05) is 0 Å². The van der Waals surface area contributed by atoms with E-state index < -0.39 is 0 Å². The van der Waals surface area contributed by atoms with E-state index >= 15 is 0 Å². The summed E-state index contributed by atoms with van der Waals surface area (Å²) in [5, 5.41) is 0. The van der Waals surface area contributed by atoms with E-state index in [9.17, 15) is 0 Å². The Hall–Kier alpha value is -0.795. The lowest BCUT2D eigenvalue weighted by molar-refractivity contribution is 0.00578. The Morgan fingerprint density at radius 2 is 1.67 bits per heavy atom. The maximum absolute atomic E-state index is 6.04. The van der Waals surface area contributed by atoms with Gasteiger partial charge < -0.3 is 9.31 Å². The van der Waals surface area contributed by atoms with E-state index in [4.69, 9.17) is 9.31 Å². The molecule has 1 aromatic rings. The molecule has 1 atom stereocenters. The first kappa shape index (κ1) is 13.6. The van der Waals surface area contributed by atoms with Crippen molar-refractivity contribution in [3.8, 4) is 0 Å². The molecule has 0 saturated carbocycles. The smallest absolute Gasteiger partial charge is 0.399 e. The minimum absolute atomic E-state index is 0.271. The molecule has 1 aromatic carbocycles. The minimum atomic E-state index is -0.288. The van der Waals surface area contributed by atoms with Crippen LogP contribution in [0.3, 0.4) is 0 Å².